The van der Waals surface area contributed by atoms with Crippen LogP contribution in [0.4, 0.5) is 0 Å². The summed E-state index contributed by atoms with van der Waals surface area (Å²) in [4.78, 5) is 0. The highest BCUT2D eigenvalue weighted by atomic mass is 32.1. The SMILES string of the molecule is CCC(CNC)Cc1csc2ccccc12. The van der Waals surface area contributed by atoms with Crippen LogP contribution in [0.3, 0.4) is 0 Å². The molecule has 0 amide bonds. The Morgan fingerprint density at radius 3 is 2.88 bits per heavy atom. The molecule has 0 fully saturated rings. The van der Waals surface area contributed by atoms with Crippen molar-refractivity contribution in [2.45, 2.75) is 19.8 Å². The first-order chi connectivity index (χ1) is 7.85. The zero-order valence-electron chi connectivity index (χ0n) is 9.99. The zero-order valence-corrected chi connectivity index (χ0v) is 10.8. The van der Waals surface area contributed by atoms with Crippen LogP contribution in [-0.4, -0.2) is 13.6 Å². The molecule has 1 atom stereocenters. The molecular weight excluding hydrogens is 214 g/mol. The van der Waals surface area contributed by atoms with E-state index in [2.05, 4.69) is 41.9 Å². The fourth-order valence-electron chi connectivity index (χ4n) is 2.15. The molecule has 0 aliphatic rings. The van der Waals surface area contributed by atoms with Gasteiger partial charge in [0.2, 0.25) is 0 Å². The quantitative estimate of drug-likeness (QED) is 0.830. The van der Waals surface area contributed by atoms with Crippen molar-refractivity contribution >= 4 is 21.4 Å². The van der Waals surface area contributed by atoms with E-state index in [1.807, 2.05) is 18.4 Å². The molecule has 0 aliphatic heterocycles. The second kappa shape index (κ2) is 5.46. The van der Waals surface area contributed by atoms with Crippen molar-refractivity contribution in [3.63, 3.8) is 0 Å². The van der Waals surface area contributed by atoms with E-state index in [1.54, 1.807) is 0 Å². The minimum Gasteiger partial charge on any atom is -0.319 e. The molecule has 0 bridgehead atoms. The smallest absolute Gasteiger partial charge is 0.0345 e. The maximum absolute atomic E-state index is 3.28. The Morgan fingerprint density at radius 1 is 1.31 bits per heavy atom. The van der Waals surface area contributed by atoms with Crippen molar-refractivity contribution in [1.82, 2.24) is 5.32 Å². The largest absolute Gasteiger partial charge is 0.319 e. The molecule has 2 aromatic rings. The number of benzene rings is 1. The summed E-state index contributed by atoms with van der Waals surface area (Å²) in [5.41, 5.74) is 1.52. The van der Waals surface area contributed by atoms with Crippen LogP contribution < -0.4 is 5.32 Å². The molecule has 0 radical (unpaired) electrons. The third-order valence-electron chi connectivity index (χ3n) is 3.14. The van der Waals surface area contributed by atoms with Gasteiger partial charge in [0.25, 0.3) is 0 Å². The molecule has 0 saturated carbocycles. The summed E-state index contributed by atoms with van der Waals surface area (Å²) < 4.78 is 1.41. The summed E-state index contributed by atoms with van der Waals surface area (Å²) in [7, 11) is 2.04. The lowest BCUT2D eigenvalue weighted by molar-refractivity contribution is 0.483. The summed E-state index contributed by atoms with van der Waals surface area (Å²) >= 11 is 1.86. The highest BCUT2D eigenvalue weighted by Crippen LogP contribution is 2.27. The fraction of sp³-hybridized carbons (Fsp3) is 0.429. The van der Waals surface area contributed by atoms with Crippen LogP contribution in [0.1, 0.15) is 18.9 Å². The Kier molecular flexibility index (Phi) is 3.97. The van der Waals surface area contributed by atoms with Gasteiger partial charge < -0.3 is 5.32 Å². The van der Waals surface area contributed by atoms with Crippen LogP contribution in [0, 0.1) is 5.92 Å². The van der Waals surface area contributed by atoms with Crippen LogP contribution in [0.5, 0.6) is 0 Å². The van der Waals surface area contributed by atoms with Gasteiger partial charge in [0, 0.05) is 4.70 Å². The van der Waals surface area contributed by atoms with Crippen molar-refractivity contribution in [3.8, 4) is 0 Å². The average molecular weight is 233 g/mol. The second-order valence-electron chi connectivity index (χ2n) is 4.29. The minimum atomic E-state index is 0.753. The summed E-state index contributed by atoms with van der Waals surface area (Å²) in [6.45, 7) is 3.39. The number of hydrogen-bond donors (Lipinski definition) is 1. The lowest BCUT2D eigenvalue weighted by Crippen LogP contribution is -2.19. The lowest BCUT2D eigenvalue weighted by Gasteiger charge is -2.13. The van der Waals surface area contributed by atoms with Gasteiger partial charge in [-0.2, -0.15) is 0 Å². The maximum atomic E-state index is 3.28. The predicted octanol–water partition coefficient (Wildman–Crippen LogP) is 3.69. The molecule has 2 heteroatoms. The monoisotopic (exact) mass is 233 g/mol. The number of thiophene rings is 1. The normalized spacial score (nSPS) is 13.1. The van der Waals surface area contributed by atoms with Crippen molar-refractivity contribution in [1.29, 1.82) is 0 Å². The van der Waals surface area contributed by atoms with Crippen LogP contribution in [0.2, 0.25) is 0 Å². The summed E-state index contributed by atoms with van der Waals surface area (Å²) in [6, 6.07) is 8.71. The van der Waals surface area contributed by atoms with Gasteiger partial charge in [0.1, 0.15) is 0 Å². The standard InChI is InChI=1S/C14H19NS/c1-3-11(9-15-2)8-12-10-16-14-7-5-4-6-13(12)14/h4-7,10-11,15H,3,8-9H2,1-2H3. The van der Waals surface area contributed by atoms with Crippen molar-refractivity contribution in [2.24, 2.45) is 5.92 Å². The first kappa shape index (κ1) is 11.6. The number of rotatable bonds is 5. The van der Waals surface area contributed by atoms with E-state index >= 15 is 0 Å². The Labute approximate surface area is 101 Å². The first-order valence-electron chi connectivity index (χ1n) is 5.94. The summed E-state index contributed by atoms with van der Waals surface area (Å²) in [6.07, 6.45) is 2.44. The van der Waals surface area contributed by atoms with E-state index < -0.39 is 0 Å². The Morgan fingerprint density at radius 2 is 2.12 bits per heavy atom. The van der Waals surface area contributed by atoms with E-state index in [0.717, 1.165) is 12.5 Å². The van der Waals surface area contributed by atoms with E-state index in [9.17, 15) is 0 Å². The highest BCUT2D eigenvalue weighted by Gasteiger charge is 2.10. The number of nitrogens with one attached hydrogen (secondary N) is 1. The summed E-state index contributed by atoms with van der Waals surface area (Å²) in [5.74, 6) is 0.753. The molecule has 16 heavy (non-hydrogen) atoms. The van der Waals surface area contributed by atoms with Gasteiger partial charge in [-0.3, -0.25) is 0 Å². The Balaban J connectivity index is 2.20. The third-order valence-corrected chi connectivity index (χ3v) is 4.15. The van der Waals surface area contributed by atoms with Gasteiger partial charge >= 0.3 is 0 Å². The van der Waals surface area contributed by atoms with Crippen LogP contribution >= 0.6 is 11.3 Å². The second-order valence-corrected chi connectivity index (χ2v) is 5.20. The van der Waals surface area contributed by atoms with Crippen LogP contribution in [0.25, 0.3) is 10.1 Å². The van der Waals surface area contributed by atoms with E-state index in [1.165, 1.54) is 28.5 Å². The molecular formula is C14H19NS. The molecule has 1 aromatic heterocycles. The van der Waals surface area contributed by atoms with Gasteiger partial charge in [0.05, 0.1) is 0 Å². The van der Waals surface area contributed by atoms with Gasteiger partial charge in [-0.1, -0.05) is 31.5 Å². The Bertz CT molecular complexity index is 447. The van der Waals surface area contributed by atoms with Gasteiger partial charge in [0.15, 0.2) is 0 Å². The average Bonchev–Trinajstić information content (AvgIpc) is 2.72. The van der Waals surface area contributed by atoms with E-state index in [0.29, 0.717) is 0 Å². The molecule has 1 aromatic carbocycles. The van der Waals surface area contributed by atoms with Crippen LogP contribution in [-0.2, 0) is 6.42 Å². The molecule has 1 unspecified atom stereocenters. The minimum absolute atomic E-state index is 0.753. The molecule has 2 rings (SSSR count). The topological polar surface area (TPSA) is 12.0 Å². The fourth-order valence-corrected chi connectivity index (χ4v) is 3.13. The molecule has 0 aliphatic carbocycles. The Hall–Kier alpha value is -0.860. The molecule has 86 valence electrons. The van der Waals surface area contributed by atoms with E-state index in [-0.39, 0.29) is 0 Å². The van der Waals surface area contributed by atoms with Gasteiger partial charge in [-0.15, -0.1) is 11.3 Å². The van der Waals surface area contributed by atoms with Crippen LogP contribution in [0.15, 0.2) is 29.6 Å². The predicted molar refractivity (Wildman–Crippen MR) is 73.2 cm³/mol. The molecule has 1 nitrogen and oxygen atoms in total. The van der Waals surface area contributed by atoms with Gasteiger partial charge in [-0.05, 0) is 48.3 Å². The third kappa shape index (κ3) is 2.45. The summed E-state index contributed by atoms with van der Waals surface area (Å²) in [5, 5.41) is 7.05. The van der Waals surface area contributed by atoms with Crippen molar-refractivity contribution in [3.05, 3.63) is 35.2 Å². The number of fused-ring (bicyclic) bond motifs is 1. The molecule has 1 N–H and O–H groups in total. The molecule has 0 saturated heterocycles. The maximum Gasteiger partial charge on any atom is 0.0345 e. The first-order valence-corrected chi connectivity index (χ1v) is 6.82. The van der Waals surface area contributed by atoms with Crippen molar-refractivity contribution in [2.75, 3.05) is 13.6 Å². The zero-order chi connectivity index (χ0) is 11.4. The number of hydrogen-bond acceptors (Lipinski definition) is 2. The van der Waals surface area contributed by atoms with E-state index in [4.69, 9.17) is 0 Å². The molecule has 0 spiro atoms. The lowest BCUT2D eigenvalue weighted by atomic mass is 9.96. The highest BCUT2D eigenvalue weighted by molar-refractivity contribution is 7.17. The molecule has 1 heterocycles. The van der Waals surface area contributed by atoms with Crippen molar-refractivity contribution < 1.29 is 0 Å². The van der Waals surface area contributed by atoms with Gasteiger partial charge in [-0.25, -0.2) is 0 Å².